The SMILES string of the molecule is CC(C)N(C)CCC(O)CN. The molecule has 0 spiro atoms. The van der Waals surface area contributed by atoms with Crippen molar-refractivity contribution in [3.63, 3.8) is 0 Å². The van der Waals surface area contributed by atoms with Gasteiger partial charge < -0.3 is 15.7 Å². The molecular weight excluding hydrogens is 140 g/mol. The molecule has 0 bridgehead atoms. The summed E-state index contributed by atoms with van der Waals surface area (Å²) >= 11 is 0. The van der Waals surface area contributed by atoms with Crippen LogP contribution in [0.4, 0.5) is 0 Å². The molecular formula is C8H20N2O. The third kappa shape index (κ3) is 5.18. The van der Waals surface area contributed by atoms with Gasteiger partial charge in [-0.2, -0.15) is 0 Å². The predicted molar refractivity (Wildman–Crippen MR) is 47.4 cm³/mol. The number of rotatable bonds is 5. The highest BCUT2D eigenvalue weighted by Gasteiger charge is 2.05. The first-order chi connectivity index (χ1) is 5.07. The summed E-state index contributed by atoms with van der Waals surface area (Å²) in [5.41, 5.74) is 5.27. The molecule has 68 valence electrons. The summed E-state index contributed by atoms with van der Waals surface area (Å²) in [5, 5.41) is 9.14. The Morgan fingerprint density at radius 2 is 2.00 bits per heavy atom. The van der Waals surface area contributed by atoms with Crippen LogP contribution in [-0.4, -0.2) is 42.3 Å². The zero-order valence-corrected chi connectivity index (χ0v) is 7.75. The summed E-state index contributed by atoms with van der Waals surface area (Å²) in [5.74, 6) is 0. The molecule has 0 saturated heterocycles. The maximum absolute atomic E-state index is 9.14. The number of hydrogen-bond donors (Lipinski definition) is 2. The van der Waals surface area contributed by atoms with Crippen molar-refractivity contribution in [2.24, 2.45) is 5.73 Å². The molecule has 0 saturated carbocycles. The minimum Gasteiger partial charge on any atom is -0.392 e. The summed E-state index contributed by atoms with van der Waals surface area (Å²) in [6.07, 6.45) is 0.432. The van der Waals surface area contributed by atoms with Gasteiger partial charge in [-0.05, 0) is 27.3 Å². The van der Waals surface area contributed by atoms with Gasteiger partial charge in [0.15, 0.2) is 0 Å². The Kier molecular flexibility index (Phi) is 5.46. The summed E-state index contributed by atoms with van der Waals surface area (Å²) in [6, 6.07) is 0.542. The average molecular weight is 160 g/mol. The highest BCUT2D eigenvalue weighted by Crippen LogP contribution is 1.97. The standard InChI is InChI=1S/C8H20N2O/c1-7(2)10(3)5-4-8(11)6-9/h7-8,11H,4-6,9H2,1-3H3. The molecule has 0 radical (unpaired) electrons. The van der Waals surface area contributed by atoms with Crippen molar-refractivity contribution in [3.8, 4) is 0 Å². The van der Waals surface area contributed by atoms with Gasteiger partial charge in [0.05, 0.1) is 6.10 Å². The van der Waals surface area contributed by atoms with Crippen LogP contribution >= 0.6 is 0 Å². The maximum Gasteiger partial charge on any atom is 0.0674 e. The second-order valence-electron chi connectivity index (χ2n) is 3.25. The van der Waals surface area contributed by atoms with Gasteiger partial charge in [0.1, 0.15) is 0 Å². The molecule has 1 unspecified atom stereocenters. The molecule has 0 heterocycles. The quantitative estimate of drug-likeness (QED) is 0.597. The molecule has 3 nitrogen and oxygen atoms in total. The van der Waals surface area contributed by atoms with Crippen LogP contribution in [0, 0.1) is 0 Å². The molecule has 0 aromatic carbocycles. The van der Waals surface area contributed by atoms with E-state index in [1.807, 2.05) is 7.05 Å². The molecule has 11 heavy (non-hydrogen) atoms. The molecule has 0 aliphatic heterocycles. The molecule has 3 N–H and O–H groups in total. The third-order valence-corrected chi connectivity index (χ3v) is 1.97. The Morgan fingerprint density at radius 3 is 2.36 bits per heavy atom. The molecule has 0 amide bonds. The zero-order chi connectivity index (χ0) is 8.85. The van der Waals surface area contributed by atoms with E-state index in [0.717, 1.165) is 13.0 Å². The van der Waals surface area contributed by atoms with Crippen molar-refractivity contribution >= 4 is 0 Å². The average Bonchev–Trinajstić information content (AvgIpc) is 1.99. The van der Waals surface area contributed by atoms with Crippen molar-refractivity contribution in [1.82, 2.24) is 4.90 Å². The van der Waals surface area contributed by atoms with Crippen LogP contribution in [0.1, 0.15) is 20.3 Å². The third-order valence-electron chi connectivity index (χ3n) is 1.97. The van der Waals surface area contributed by atoms with E-state index in [-0.39, 0.29) is 6.10 Å². The summed E-state index contributed by atoms with van der Waals surface area (Å²) in [6.45, 7) is 5.55. The number of aliphatic hydroxyl groups is 1. The lowest BCUT2D eigenvalue weighted by molar-refractivity contribution is 0.146. The fourth-order valence-electron chi connectivity index (χ4n) is 0.729. The Hall–Kier alpha value is -0.120. The van der Waals surface area contributed by atoms with Gasteiger partial charge in [-0.3, -0.25) is 0 Å². The van der Waals surface area contributed by atoms with E-state index in [2.05, 4.69) is 18.7 Å². The van der Waals surface area contributed by atoms with E-state index >= 15 is 0 Å². The largest absolute Gasteiger partial charge is 0.392 e. The van der Waals surface area contributed by atoms with Crippen LogP contribution in [0.5, 0.6) is 0 Å². The van der Waals surface area contributed by atoms with Crippen LogP contribution in [0.2, 0.25) is 0 Å². The number of nitrogens with two attached hydrogens (primary N) is 1. The first-order valence-corrected chi connectivity index (χ1v) is 4.16. The van der Waals surface area contributed by atoms with Crippen molar-refractivity contribution < 1.29 is 5.11 Å². The van der Waals surface area contributed by atoms with Gasteiger partial charge in [-0.25, -0.2) is 0 Å². The second-order valence-corrected chi connectivity index (χ2v) is 3.25. The van der Waals surface area contributed by atoms with Gasteiger partial charge in [-0.1, -0.05) is 0 Å². The second kappa shape index (κ2) is 5.52. The fraction of sp³-hybridized carbons (Fsp3) is 1.00. The van der Waals surface area contributed by atoms with E-state index in [9.17, 15) is 0 Å². The summed E-state index contributed by atoms with van der Waals surface area (Å²) < 4.78 is 0. The van der Waals surface area contributed by atoms with E-state index in [1.165, 1.54) is 0 Å². The van der Waals surface area contributed by atoms with Crippen molar-refractivity contribution in [3.05, 3.63) is 0 Å². The number of aliphatic hydroxyl groups excluding tert-OH is 1. The molecule has 0 aliphatic carbocycles. The lowest BCUT2D eigenvalue weighted by Crippen LogP contribution is -2.31. The molecule has 1 atom stereocenters. The van der Waals surface area contributed by atoms with E-state index < -0.39 is 0 Å². The summed E-state index contributed by atoms with van der Waals surface area (Å²) in [4.78, 5) is 2.19. The highest BCUT2D eigenvalue weighted by atomic mass is 16.3. The molecule has 0 rings (SSSR count). The Morgan fingerprint density at radius 1 is 1.45 bits per heavy atom. The number of hydrogen-bond acceptors (Lipinski definition) is 3. The fourth-order valence-corrected chi connectivity index (χ4v) is 0.729. The first-order valence-electron chi connectivity index (χ1n) is 4.16. The molecule has 0 aliphatic rings. The van der Waals surface area contributed by atoms with Gasteiger partial charge in [0, 0.05) is 19.1 Å². The topological polar surface area (TPSA) is 49.5 Å². The van der Waals surface area contributed by atoms with Gasteiger partial charge in [0.25, 0.3) is 0 Å². The van der Waals surface area contributed by atoms with Gasteiger partial charge >= 0.3 is 0 Å². The number of nitrogens with zero attached hydrogens (tertiary/aromatic N) is 1. The smallest absolute Gasteiger partial charge is 0.0674 e. The van der Waals surface area contributed by atoms with Crippen molar-refractivity contribution in [2.75, 3.05) is 20.1 Å². The highest BCUT2D eigenvalue weighted by molar-refractivity contribution is 4.62. The Balaban J connectivity index is 3.37. The molecule has 0 fully saturated rings. The zero-order valence-electron chi connectivity index (χ0n) is 7.75. The Labute approximate surface area is 69.2 Å². The van der Waals surface area contributed by atoms with Crippen LogP contribution in [0.25, 0.3) is 0 Å². The van der Waals surface area contributed by atoms with Crippen LogP contribution < -0.4 is 5.73 Å². The van der Waals surface area contributed by atoms with Crippen LogP contribution in [0.3, 0.4) is 0 Å². The van der Waals surface area contributed by atoms with E-state index in [0.29, 0.717) is 12.6 Å². The lowest BCUT2D eigenvalue weighted by Gasteiger charge is -2.21. The van der Waals surface area contributed by atoms with E-state index in [1.54, 1.807) is 0 Å². The lowest BCUT2D eigenvalue weighted by atomic mass is 10.2. The summed E-state index contributed by atoms with van der Waals surface area (Å²) in [7, 11) is 2.05. The molecule has 0 aromatic heterocycles. The van der Waals surface area contributed by atoms with Gasteiger partial charge in [-0.15, -0.1) is 0 Å². The maximum atomic E-state index is 9.14. The van der Waals surface area contributed by atoms with E-state index in [4.69, 9.17) is 10.8 Å². The first kappa shape index (κ1) is 10.9. The van der Waals surface area contributed by atoms with Crippen molar-refractivity contribution in [2.45, 2.75) is 32.4 Å². The Bertz CT molecular complexity index is 96.1. The van der Waals surface area contributed by atoms with Crippen molar-refractivity contribution in [1.29, 1.82) is 0 Å². The normalized spacial score (nSPS) is 14.5. The molecule has 0 aromatic rings. The monoisotopic (exact) mass is 160 g/mol. The minimum absolute atomic E-state index is 0.337. The van der Waals surface area contributed by atoms with Crippen LogP contribution in [0.15, 0.2) is 0 Å². The van der Waals surface area contributed by atoms with Crippen LogP contribution in [-0.2, 0) is 0 Å². The minimum atomic E-state index is -0.337. The molecule has 3 heteroatoms. The van der Waals surface area contributed by atoms with Gasteiger partial charge in [0.2, 0.25) is 0 Å². The predicted octanol–water partition coefficient (Wildman–Crippen LogP) is 0.0363.